The molecule has 0 atom stereocenters. The van der Waals surface area contributed by atoms with Gasteiger partial charge in [0.15, 0.2) is 0 Å². The van der Waals surface area contributed by atoms with Gasteiger partial charge < -0.3 is 10.2 Å². The van der Waals surface area contributed by atoms with Gasteiger partial charge in [-0.1, -0.05) is 31.2 Å². The summed E-state index contributed by atoms with van der Waals surface area (Å²) in [5.41, 5.74) is 3.61. The minimum Gasteiger partial charge on any atom is -0.367 e. The van der Waals surface area contributed by atoms with E-state index in [9.17, 15) is 14.4 Å². The SMILES string of the molecule is Cc1ccccc1CNC(=O)c1ccc(N2C(=O)C=C(N3CCC(C)CC3)C2=O)cc1. The predicted octanol–water partition coefficient (Wildman–Crippen LogP) is 3.41. The third-order valence-electron chi connectivity index (χ3n) is 6.12. The highest BCUT2D eigenvalue weighted by atomic mass is 16.2. The van der Waals surface area contributed by atoms with Crippen LogP contribution in [0.2, 0.25) is 0 Å². The Labute approximate surface area is 182 Å². The van der Waals surface area contributed by atoms with Crippen molar-refractivity contribution in [1.29, 1.82) is 0 Å². The summed E-state index contributed by atoms with van der Waals surface area (Å²) in [4.78, 5) is 41.1. The van der Waals surface area contributed by atoms with Crippen molar-refractivity contribution >= 4 is 23.4 Å². The summed E-state index contributed by atoms with van der Waals surface area (Å²) in [6.45, 7) is 6.24. The number of nitrogens with one attached hydrogen (secondary N) is 1. The number of rotatable bonds is 5. The van der Waals surface area contributed by atoms with E-state index in [1.165, 1.54) is 11.0 Å². The molecule has 3 amide bonds. The Bertz CT molecular complexity index is 1030. The molecule has 160 valence electrons. The van der Waals surface area contributed by atoms with E-state index in [0.717, 1.165) is 37.1 Å². The highest BCUT2D eigenvalue weighted by molar-refractivity contribution is 6.30. The fourth-order valence-corrected chi connectivity index (χ4v) is 4.03. The van der Waals surface area contributed by atoms with Crippen molar-refractivity contribution < 1.29 is 14.4 Å². The standard InChI is InChI=1S/C25H27N3O3/c1-17-11-13-27(14-12-17)22-15-23(29)28(25(22)31)21-9-7-19(8-10-21)24(30)26-16-20-6-4-3-5-18(20)2/h3-10,15,17H,11-14,16H2,1-2H3,(H,26,30). The molecule has 2 aliphatic heterocycles. The van der Waals surface area contributed by atoms with Gasteiger partial charge in [0.05, 0.1) is 5.69 Å². The van der Waals surface area contributed by atoms with Crippen molar-refractivity contribution in [2.75, 3.05) is 18.0 Å². The summed E-state index contributed by atoms with van der Waals surface area (Å²) in [7, 11) is 0. The van der Waals surface area contributed by atoms with Gasteiger partial charge in [0.2, 0.25) is 0 Å². The van der Waals surface area contributed by atoms with Gasteiger partial charge in [0, 0.05) is 31.3 Å². The van der Waals surface area contributed by atoms with Crippen LogP contribution in [0, 0.1) is 12.8 Å². The van der Waals surface area contributed by atoms with Gasteiger partial charge in [-0.25, -0.2) is 4.90 Å². The van der Waals surface area contributed by atoms with Crippen LogP contribution in [0.25, 0.3) is 0 Å². The van der Waals surface area contributed by atoms with Crippen LogP contribution in [-0.4, -0.2) is 35.7 Å². The lowest BCUT2D eigenvalue weighted by molar-refractivity contribution is -0.121. The van der Waals surface area contributed by atoms with E-state index in [1.54, 1.807) is 24.3 Å². The molecule has 0 unspecified atom stereocenters. The van der Waals surface area contributed by atoms with Crippen LogP contribution >= 0.6 is 0 Å². The normalized spacial score (nSPS) is 17.2. The Hall–Kier alpha value is -3.41. The minimum absolute atomic E-state index is 0.199. The molecule has 0 bridgehead atoms. The first kappa shape index (κ1) is 20.8. The third-order valence-corrected chi connectivity index (χ3v) is 6.12. The molecule has 2 aliphatic rings. The summed E-state index contributed by atoms with van der Waals surface area (Å²) in [6, 6.07) is 14.5. The lowest BCUT2D eigenvalue weighted by atomic mass is 9.99. The zero-order chi connectivity index (χ0) is 22.0. The number of hydrogen-bond donors (Lipinski definition) is 1. The van der Waals surface area contributed by atoms with Crippen LogP contribution in [0.15, 0.2) is 60.3 Å². The van der Waals surface area contributed by atoms with Crippen molar-refractivity contribution in [3.8, 4) is 0 Å². The Kier molecular flexibility index (Phi) is 5.89. The average Bonchev–Trinajstić information content (AvgIpc) is 3.07. The Morgan fingerprint density at radius 1 is 1.03 bits per heavy atom. The number of piperidine rings is 1. The maximum atomic E-state index is 12.9. The van der Waals surface area contributed by atoms with E-state index in [1.807, 2.05) is 36.1 Å². The second kappa shape index (κ2) is 8.76. The highest BCUT2D eigenvalue weighted by Gasteiger charge is 2.36. The molecule has 1 fully saturated rings. The summed E-state index contributed by atoms with van der Waals surface area (Å²) >= 11 is 0. The number of carbonyl (C=O) groups excluding carboxylic acids is 3. The first-order valence-corrected chi connectivity index (χ1v) is 10.7. The monoisotopic (exact) mass is 417 g/mol. The summed E-state index contributed by atoms with van der Waals surface area (Å²) < 4.78 is 0. The number of carbonyl (C=O) groups is 3. The largest absolute Gasteiger partial charge is 0.367 e. The van der Waals surface area contributed by atoms with E-state index in [0.29, 0.717) is 29.4 Å². The number of nitrogens with zero attached hydrogens (tertiary/aromatic N) is 2. The lowest BCUT2D eigenvalue weighted by Crippen LogP contribution is -2.38. The molecule has 6 nitrogen and oxygen atoms in total. The number of benzene rings is 2. The Balaban J connectivity index is 1.41. The maximum Gasteiger partial charge on any atom is 0.281 e. The maximum absolute atomic E-state index is 12.9. The number of imide groups is 1. The molecule has 31 heavy (non-hydrogen) atoms. The first-order chi connectivity index (χ1) is 14.9. The smallest absolute Gasteiger partial charge is 0.281 e. The summed E-state index contributed by atoms with van der Waals surface area (Å²) in [6.07, 6.45) is 3.47. The van der Waals surface area contributed by atoms with Gasteiger partial charge in [-0.2, -0.15) is 0 Å². The molecular weight excluding hydrogens is 390 g/mol. The molecular formula is C25H27N3O3. The zero-order valence-corrected chi connectivity index (χ0v) is 17.9. The number of anilines is 1. The topological polar surface area (TPSA) is 69.7 Å². The highest BCUT2D eigenvalue weighted by Crippen LogP contribution is 2.27. The molecule has 2 aromatic carbocycles. The molecule has 1 N–H and O–H groups in total. The molecule has 6 heteroatoms. The van der Waals surface area contributed by atoms with Gasteiger partial charge in [-0.15, -0.1) is 0 Å². The zero-order valence-electron chi connectivity index (χ0n) is 17.9. The quantitative estimate of drug-likeness (QED) is 0.757. The first-order valence-electron chi connectivity index (χ1n) is 10.7. The van der Waals surface area contributed by atoms with Gasteiger partial charge >= 0.3 is 0 Å². The molecule has 0 radical (unpaired) electrons. The van der Waals surface area contributed by atoms with Crippen molar-refractivity contribution in [3.63, 3.8) is 0 Å². The van der Waals surface area contributed by atoms with E-state index in [2.05, 4.69) is 12.2 Å². The van der Waals surface area contributed by atoms with Crippen LogP contribution < -0.4 is 10.2 Å². The summed E-state index contributed by atoms with van der Waals surface area (Å²) in [5, 5.41) is 2.91. The van der Waals surface area contributed by atoms with Crippen molar-refractivity contribution in [3.05, 3.63) is 77.0 Å². The van der Waals surface area contributed by atoms with E-state index >= 15 is 0 Å². The van der Waals surface area contributed by atoms with Crippen molar-refractivity contribution in [1.82, 2.24) is 10.2 Å². The van der Waals surface area contributed by atoms with Crippen LogP contribution in [0.3, 0.4) is 0 Å². The van der Waals surface area contributed by atoms with Gasteiger partial charge in [0.25, 0.3) is 17.7 Å². The Morgan fingerprint density at radius 2 is 1.71 bits per heavy atom. The molecule has 4 rings (SSSR count). The predicted molar refractivity (Wildman–Crippen MR) is 119 cm³/mol. The fourth-order valence-electron chi connectivity index (χ4n) is 4.03. The molecule has 0 saturated carbocycles. The Morgan fingerprint density at radius 3 is 2.39 bits per heavy atom. The number of aryl methyl sites for hydroxylation is 1. The molecule has 2 heterocycles. The van der Waals surface area contributed by atoms with E-state index in [-0.39, 0.29) is 17.7 Å². The van der Waals surface area contributed by atoms with Gasteiger partial charge in [0.1, 0.15) is 5.70 Å². The van der Waals surface area contributed by atoms with Gasteiger partial charge in [-0.3, -0.25) is 14.4 Å². The molecule has 0 aliphatic carbocycles. The van der Waals surface area contributed by atoms with E-state index < -0.39 is 0 Å². The van der Waals surface area contributed by atoms with Crippen LogP contribution in [0.5, 0.6) is 0 Å². The van der Waals surface area contributed by atoms with Crippen LogP contribution in [-0.2, 0) is 16.1 Å². The second-order valence-corrected chi connectivity index (χ2v) is 8.33. The molecule has 2 aromatic rings. The number of hydrogen-bond acceptors (Lipinski definition) is 4. The fraction of sp³-hybridized carbons (Fsp3) is 0.320. The minimum atomic E-state index is -0.338. The molecule has 0 spiro atoms. The van der Waals surface area contributed by atoms with Crippen molar-refractivity contribution in [2.45, 2.75) is 33.2 Å². The lowest BCUT2D eigenvalue weighted by Gasteiger charge is -2.32. The van der Waals surface area contributed by atoms with E-state index in [4.69, 9.17) is 0 Å². The molecule has 0 aromatic heterocycles. The number of likely N-dealkylation sites (tertiary alicyclic amines) is 1. The molecule has 1 saturated heterocycles. The van der Waals surface area contributed by atoms with Crippen LogP contribution in [0.1, 0.15) is 41.3 Å². The van der Waals surface area contributed by atoms with Gasteiger partial charge in [-0.05, 0) is 61.1 Å². The third kappa shape index (κ3) is 4.38. The summed E-state index contributed by atoms with van der Waals surface area (Å²) in [5.74, 6) is -0.188. The second-order valence-electron chi connectivity index (χ2n) is 8.33. The average molecular weight is 418 g/mol. The number of amides is 3. The van der Waals surface area contributed by atoms with Crippen molar-refractivity contribution in [2.24, 2.45) is 5.92 Å². The van der Waals surface area contributed by atoms with Crippen LogP contribution in [0.4, 0.5) is 5.69 Å².